The SMILES string of the molecule is CC(SCc1ccccc1)C(=O)Nc1ccc(-c2nc3ccccc3o2)cc1. The molecule has 1 N–H and O–H groups in total. The molecule has 0 aliphatic heterocycles. The van der Waals surface area contributed by atoms with Gasteiger partial charge in [-0.1, -0.05) is 42.5 Å². The molecule has 4 nitrogen and oxygen atoms in total. The monoisotopic (exact) mass is 388 g/mol. The average molecular weight is 388 g/mol. The maximum Gasteiger partial charge on any atom is 0.237 e. The smallest absolute Gasteiger partial charge is 0.237 e. The van der Waals surface area contributed by atoms with E-state index in [0.717, 1.165) is 28.1 Å². The van der Waals surface area contributed by atoms with E-state index in [9.17, 15) is 4.79 Å². The Kier molecular flexibility index (Phi) is 5.44. The summed E-state index contributed by atoms with van der Waals surface area (Å²) >= 11 is 1.62. The maximum absolute atomic E-state index is 12.4. The fourth-order valence-electron chi connectivity index (χ4n) is 2.81. The quantitative estimate of drug-likeness (QED) is 0.456. The minimum absolute atomic E-state index is 0.00413. The first-order chi connectivity index (χ1) is 13.7. The van der Waals surface area contributed by atoms with Crippen LogP contribution in [0.15, 0.2) is 83.3 Å². The van der Waals surface area contributed by atoms with Gasteiger partial charge in [0.1, 0.15) is 5.52 Å². The molecule has 1 amide bonds. The van der Waals surface area contributed by atoms with Gasteiger partial charge in [-0.05, 0) is 48.9 Å². The van der Waals surface area contributed by atoms with Crippen LogP contribution in [0.5, 0.6) is 0 Å². The predicted octanol–water partition coefficient (Wildman–Crippen LogP) is 5.76. The van der Waals surface area contributed by atoms with Gasteiger partial charge in [0.15, 0.2) is 5.58 Å². The zero-order valence-corrected chi connectivity index (χ0v) is 16.3. The second-order valence-corrected chi connectivity index (χ2v) is 7.82. The average Bonchev–Trinajstić information content (AvgIpc) is 3.17. The highest BCUT2D eigenvalue weighted by atomic mass is 32.2. The van der Waals surface area contributed by atoms with Crippen LogP contribution >= 0.6 is 11.8 Å². The number of aromatic nitrogens is 1. The van der Waals surface area contributed by atoms with Gasteiger partial charge in [0.2, 0.25) is 11.8 Å². The molecule has 1 aromatic heterocycles. The topological polar surface area (TPSA) is 55.1 Å². The Balaban J connectivity index is 1.37. The Morgan fingerprint density at radius 2 is 1.71 bits per heavy atom. The molecule has 4 aromatic rings. The molecule has 1 atom stereocenters. The lowest BCUT2D eigenvalue weighted by molar-refractivity contribution is -0.115. The molecule has 0 aliphatic rings. The van der Waals surface area contributed by atoms with Crippen molar-refractivity contribution in [2.24, 2.45) is 0 Å². The van der Waals surface area contributed by atoms with Gasteiger partial charge < -0.3 is 9.73 Å². The number of amides is 1. The van der Waals surface area contributed by atoms with E-state index in [-0.39, 0.29) is 11.2 Å². The van der Waals surface area contributed by atoms with Crippen molar-refractivity contribution < 1.29 is 9.21 Å². The second-order valence-electron chi connectivity index (χ2n) is 6.49. The molecule has 0 aliphatic carbocycles. The van der Waals surface area contributed by atoms with Crippen LogP contribution in [0.25, 0.3) is 22.6 Å². The van der Waals surface area contributed by atoms with Gasteiger partial charge in [-0.25, -0.2) is 4.98 Å². The van der Waals surface area contributed by atoms with Crippen LogP contribution in [0.3, 0.4) is 0 Å². The summed E-state index contributed by atoms with van der Waals surface area (Å²) in [6.45, 7) is 1.93. The number of para-hydroxylation sites is 2. The Hall–Kier alpha value is -3.05. The number of hydrogen-bond donors (Lipinski definition) is 1. The summed E-state index contributed by atoms with van der Waals surface area (Å²) < 4.78 is 5.79. The molecule has 0 spiro atoms. The van der Waals surface area contributed by atoms with E-state index < -0.39 is 0 Å². The van der Waals surface area contributed by atoms with E-state index in [2.05, 4.69) is 22.4 Å². The zero-order chi connectivity index (χ0) is 19.3. The van der Waals surface area contributed by atoms with Crippen molar-refractivity contribution in [2.45, 2.75) is 17.9 Å². The first-order valence-corrected chi connectivity index (χ1v) is 10.2. The molecule has 28 heavy (non-hydrogen) atoms. The predicted molar refractivity (Wildman–Crippen MR) is 115 cm³/mol. The Morgan fingerprint density at radius 3 is 2.46 bits per heavy atom. The molecule has 1 unspecified atom stereocenters. The minimum Gasteiger partial charge on any atom is -0.436 e. The summed E-state index contributed by atoms with van der Waals surface area (Å²) in [7, 11) is 0. The summed E-state index contributed by atoms with van der Waals surface area (Å²) in [5.41, 5.74) is 4.45. The second kappa shape index (κ2) is 8.31. The lowest BCUT2D eigenvalue weighted by Gasteiger charge is -2.12. The lowest BCUT2D eigenvalue weighted by Crippen LogP contribution is -2.22. The number of rotatable bonds is 6. The van der Waals surface area contributed by atoms with E-state index in [1.54, 1.807) is 11.8 Å². The number of hydrogen-bond acceptors (Lipinski definition) is 4. The number of oxazole rings is 1. The molecule has 5 heteroatoms. The molecule has 1 heterocycles. The highest BCUT2D eigenvalue weighted by Crippen LogP contribution is 2.25. The molecule has 3 aromatic carbocycles. The largest absolute Gasteiger partial charge is 0.436 e. The van der Waals surface area contributed by atoms with Crippen molar-refractivity contribution in [2.75, 3.05) is 5.32 Å². The minimum atomic E-state index is -0.142. The maximum atomic E-state index is 12.4. The molecule has 0 fully saturated rings. The van der Waals surface area contributed by atoms with E-state index in [0.29, 0.717) is 5.89 Å². The third kappa shape index (κ3) is 4.26. The van der Waals surface area contributed by atoms with Crippen molar-refractivity contribution in [3.8, 4) is 11.5 Å². The standard InChI is InChI=1S/C23H20N2O2S/c1-16(28-15-17-7-3-2-4-8-17)22(26)24-19-13-11-18(12-14-19)23-25-20-9-5-6-10-21(20)27-23/h2-14,16H,15H2,1H3,(H,24,26). The number of fused-ring (bicyclic) bond motifs is 1. The third-order valence-corrected chi connectivity index (χ3v) is 5.62. The van der Waals surface area contributed by atoms with Gasteiger partial charge in [-0.3, -0.25) is 4.79 Å². The van der Waals surface area contributed by atoms with Gasteiger partial charge in [0, 0.05) is 17.0 Å². The van der Waals surface area contributed by atoms with Crippen molar-refractivity contribution in [1.82, 2.24) is 4.98 Å². The van der Waals surface area contributed by atoms with Crippen LogP contribution in [0, 0.1) is 0 Å². The van der Waals surface area contributed by atoms with E-state index >= 15 is 0 Å². The fourth-order valence-corrected chi connectivity index (χ4v) is 3.65. The molecule has 0 saturated heterocycles. The van der Waals surface area contributed by atoms with Gasteiger partial charge in [0.25, 0.3) is 0 Å². The van der Waals surface area contributed by atoms with Crippen LogP contribution in [0.2, 0.25) is 0 Å². The van der Waals surface area contributed by atoms with Crippen molar-refractivity contribution in [3.63, 3.8) is 0 Å². The highest BCUT2D eigenvalue weighted by molar-refractivity contribution is 7.99. The van der Waals surface area contributed by atoms with E-state index in [1.807, 2.05) is 73.7 Å². The number of benzene rings is 3. The fraction of sp³-hybridized carbons (Fsp3) is 0.130. The van der Waals surface area contributed by atoms with E-state index in [1.165, 1.54) is 5.56 Å². The number of thioether (sulfide) groups is 1. The summed E-state index contributed by atoms with van der Waals surface area (Å²) in [5.74, 6) is 1.38. The first-order valence-electron chi connectivity index (χ1n) is 9.11. The summed E-state index contributed by atoms with van der Waals surface area (Å²) in [6.07, 6.45) is 0. The molecule has 4 rings (SSSR count). The number of carbonyl (C=O) groups excluding carboxylic acids is 1. The number of nitrogens with zero attached hydrogens (tertiary/aromatic N) is 1. The van der Waals surface area contributed by atoms with Gasteiger partial charge >= 0.3 is 0 Å². The highest BCUT2D eigenvalue weighted by Gasteiger charge is 2.14. The van der Waals surface area contributed by atoms with Crippen LogP contribution in [0.1, 0.15) is 12.5 Å². The van der Waals surface area contributed by atoms with Crippen molar-refractivity contribution in [1.29, 1.82) is 0 Å². The van der Waals surface area contributed by atoms with Crippen LogP contribution in [-0.4, -0.2) is 16.1 Å². The molecular weight excluding hydrogens is 368 g/mol. The molecule has 0 bridgehead atoms. The number of anilines is 1. The molecular formula is C23H20N2O2S. The Morgan fingerprint density at radius 1 is 1.00 bits per heavy atom. The van der Waals surface area contributed by atoms with Crippen LogP contribution < -0.4 is 5.32 Å². The molecule has 0 saturated carbocycles. The number of nitrogens with one attached hydrogen (secondary N) is 1. The first kappa shape index (κ1) is 18.3. The van der Waals surface area contributed by atoms with E-state index in [4.69, 9.17) is 4.42 Å². The summed E-state index contributed by atoms with van der Waals surface area (Å²) in [5, 5.41) is 2.83. The molecule has 0 radical (unpaired) electrons. The summed E-state index contributed by atoms with van der Waals surface area (Å²) in [6, 6.07) is 25.4. The van der Waals surface area contributed by atoms with Crippen molar-refractivity contribution >= 4 is 34.5 Å². The Bertz CT molecular complexity index is 1040. The van der Waals surface area contributed by atoms with Gasteiger partial charge in [-0.15, -0.1) is 11.8 Å². The molecule has 140 valence electrons. The van der Waals surface area contributed by atoms with Gasteiger partial charge in [-0.2, -0.15) is 0 Å². The zero-order valence-electron chi connectivity index (χ0n) is 15.5. The number of carbonyl (C=O) groups is 1. The van der Waals surface area contributed by atoms with Crippen molar-refractivity contribution in [3.05, 3.63) is 84.4 Å². The summed E-state index contributed by atoms with van der Waals surface area (Å²) in [4.78, 5) is 16.9. The van der Waals surface area contributed by atoms with Crippen LogP contribution in [-0.2, 0) is 10.5 Å². The normalized spacial score (nSPS) is 12.0. The third-order valence-electron chi connectivity index (χ3n) is 4.41. The van der Waals surface area contributed by atoms with Gasteiger partial charge in [0.05, 0.1) is 5.25 Å². The lowest BCUT2D eigenvalue weighted by atomic mass is 10.2. The Labute approximate surface area is 168 Å². The van der Waals surface area contributed by atoms with Crippen LogP contribution in [0.4, 0.5) is 5.69 Å².